The number of nitrogens with two attached hydrogens (primary N) is 1. The highest BCUT2D eigenvalue weighted by molar-refractivity contribution is 5.96. The summed E-state index contributed by atoms with van der Waals surface area (Å²) in [6.07, 6.45) is 1.32. The molecule has 1 rings (SSSR count). The number of carbonyl (C=O) groups excluding carboxylic acids is 2. The van der Waals surface area contributed by atoms with Crippen molar-refractivity contribution in [3.63, 3.8) is 0 Å². The Kier molecular flexibility index (Phi) is 4.99. The maximum absolute atomic E-state index is 11.8. The van der Waals surface area contributed by atoms with E-state index in [4.69, 9.17) is 10.8 Å². The van der Waals surface area contributed by atoms with Crippen molar-refractivity contribution in [2.24, 2.45) is 5.73 Å². The number of amides is 2. The summed E-state index contributed by atoms with van der Waals surface area (Å²) < 4.78 is 0. The zero-order chi connectivity index (χ0) is 14.4. The van der Waals surface area contributed by atoms with E-state index in [1.807, 2.05) is 0 Å². The van der Waals surface area contributed by atoms with Gasteiger partial charge >= 0.3 is 5.97 Å². The second-order valence-electron chi connectivity index (χ2n) is 4.06. The molecule has 0 aromatic carbocycles. The molecule has 0 aliphatic carbocycles. The fourth-order valence-corrected chi connectivity index (χ4v) is 1.47. The maximum Gasteiger partial charge on any atom is 0.326 e. The molecule has 1 heterocycles. The number of hydrogen-bond acceptors (Lipinski definition) is 4. The summed E-state index contributed by atoms with van der Waals surface area (Å²) in [5, 5.41) is 11.3. The van der Waals surface area contributed by atoms with Crippen LogP contribution in [0.5, 0.6) is 0 Å². The summed E-state index contributed by atoms with van der Waals surface area (Å²) in [6, 6.07) is 1.88. The van der Waals surface area contributed by atoms with Crippen LogP contribution in [0.4, 0.5) is 0 Å². The van der Waals surface area contributed by atoms with E-state index < -0.39 is 23.8 Å². The van der Waals surface area contributed by atoms with E-state index in [1.54, 1.807) is 13.0 Å². The van der Waals surface area contributed by atoms with Crippen LogP contribution >= 0.6 is 0 Å². The normalized spacial score (nSPS) is 11.6. The summed E-state index contributed by atoms with van der Waals surface area (Å²) in [5.41, 5.74) is 5.92. The average Bonchev–Trinajstić information content (AvgIpc) is 2.33. The maximum atomic E-state index is 11.8. The molecule has 1 atom stereocenters. The predicted octanol–water partition coefficient (Wildman–Crippen LogP) is -0.161. The van der Waals surface area contributed by atoms with Crippen molar-refractivity contribution in [1.29, 1.82) is 0 Å². The van der Waals surface area contributed by atoms with Gasteiger partial charge in [-0.15, -0.1) is 0 Å². The van der Waals surface area contributed by atoms with Crippen molar-refractivity contribution >= 4 is 17.8 Å². The van der Waals surface area contributed by atoms with Crippen molar-refractivity contribution in [2.75, 3.05) is 0 Å². The molecule has 2 amide bonds. The van der Waals surface area contributed by atoms with Gasteiger partial charge in [0.2, 0.25) is 5.91 Å². The summed E-state index contributed by atoms with van der Waals surface area (Å²) >= 11 is 0. The topological polar surface area (TPSA) is 122 Å². The first-order valence-corrected chi connectivity index (χ1v) is 5.64. The number of carboxylic acids is 1. The standard InChI is InChI=1S/C12H15N3O4/c1-7-6-8(4-5-14-7)11(17)15-9(12(18)19)2-3-10(13)16/h4-6,9H,2-3H2,1H3,(H2,13,16)(H,15,17)(H,18,19)/t9-/m0/s1. The fraction of sp³-hybridized carbons (Fsp3) is 0.333. The first-order chi connectivity index (χ1) is 8.90. The summed E-state index contributed by atoms with van der Waals surface area (Å²) in [7, 11) is 0. The minimum atomic E-state index is -1.21. The molecule has 19 heavy (non-hydrogen) atoms. The molecule has 1 aromatic heterocycles. The smallest absolute Gasteiger partial charge is 0.326 e. The zero-order valence-corrected chi connectivity index (χ0v) is 10.4. The monoisotopic (exact) mass is 265 g/mol. The molecule has 0 unspecified atom stereocenters. The van der Waals surface area contributed by atoms with Gasteiger partial charge in [-0.3, -0.25) is 14.6 Å². The highest BCUT2D eigenvalue weighted by Crippen LogP contribution is 2.03. The lowest BCUT2D eigenvalue weighted by Gasteiger charge is -2.13. The quantitative estimate of drug-likeness (QED) is 0.659. The molecule has 0 bridgehead atoms. The van der Waals surface area contributed by atoms with E-state index >= 15 is 0 Å². The zero-order valence-electron chi connectivity index (χ0n) is 10.4. The number of aromatic nitrogens is 1. The van der Waals surface area contributed by atoms with Crippen LogP contribution < -0.4 is 11.1 Å². The van der Waals surface area contributed by atoms with Crippen LogP contribution in [0.25, 0.3) is 0 Å². The van der Waals surface area contributed by atoms with Crippen LogP contribution in [0, 0.1) is 6.92 Å². The fourth-order valence-electron chi connectivity index (χ4n) is 1.47. The van der Waals surface area contributed by atoms with Crippen molar-refractivity contribution in [3.05, 3.63) is 29.6 Å². The van der Waals surface area contributed by atoms with Crippen LogP contribution in [0.3, 0.4) is 0 Å². The number of aryl methyl sites for hydroxylation is 1. The van der Waals surface area contributed by atoms with Gasteiger partial charge in [0.25, 0.3) is 5.91 Å². The number of carboxylic acid groups (broad SMARTS) is 1. The Morgan fingerprint density at radius 1 is 1.47 bits per heavy atom. The summed E-state index contributed by atoms with van der Waals surface area (Å²) in [5.74, 6) is -2.34. The Bertz CT molecular complexity index is 502. The SMILES string of the molecule is Cc1cc(C(=O)N[C@@H](CCC(N)=O)C(=O)O)ccn1. The van der Waals surface area contributed by atoms with Crippen LogP contribution in [-0.4, -0.2) is 33.9 Å². The third kappa shape index (κ3) is 4.74. The Balaban J connectivity index is 2.71. The summed E-state index contributed by atoms with van der Waals surface area (Å²) in [6.45, 7) is 1.72. The number of pyridine rings is 1. The van der Waals surface area contributed by atoms with E-state index in [9.17, 15) is 14.4 Å². The van der Waals surface area contributed by atoms with Crippen molar-refractivity contribution in [1.82, 2.24) is 10.3 Å². The van der Waals surface area contributed by atoms with Gasteiger partial charge in [-0.25, -0.2) is 4.79 Å². The van der Waals surface area contributed by atoms with E-state index in [2.05, 4.69) is 10.3 Å². The molecule has 0 fully saturated rings. The van der Waals surface area contributed by atoms with E-state index in [-0.39, 0.29) is 12.8 Å². The molecule has 102 valence electrons. The van der Waals surface area contributed by atoms with Crippen LogP contribution in [0.2, 0.25) is 0 Å². The number of aliphatic carboxylic acids is 1. The number of rotatable bonds is 6. The number of primary amides is 1. The van der Waals surface area contributed by atoms with Gasteiger partial charge < -0.3 is 16.2 Å². The lowest BCUT2D eigenvalue weighted by Crippen LogP contribution is -2.41. The second kappa shape index (κ2) is 6.48. The predicted molar refractivity (Wildman–Crippen MR) is 66.3 cm³/mol. The highest BCUT2D eigenvalue weighted by Gasteiger charge is 2.21. The third-order valence-corrected chi connectivity index (χ3v) is 2.44. The molecule has 0 saturated heterocycles. The van der Waals surface area contributed by atoms with Gasteiger partial charge in [0.15, 0.2) is 0 Å². The van der Waals surface area contributed by atoms with E-state index in [0.717, 1.165) is 0 Å². The highest BCUT2D eigenvalue weighted by atomic mass is 16.4. The molecule has 0 radical (unpaired) electrons. The summed E-state index contributed by atoms with van der Waals surface area (Å²) in [4.78, 5) is 37.4. The molecule has 7 nitrogen and oxygen atoms in total. The average molecular weight is 265 g/mol. The van der Waals surface area contributed by atoms with Crippen LogP contribution in [0.1, 0.15) is 28.9 Å². The third-order valence-electron chi connectivity index (χ3n) is 2.44. The van der Waals surface area contributed by atoms with Gasteiger partial charge in [0, 0.05) is 23.9 Å². The van der Waals surface area contributed by atoms with Gasteiger partial charge in [0.05, 0.1) is 0 Å². The first kappa shape index (κ1) is 14.6. The number of carbonyl (C=O) groups is 3. The lowest BCUT2D eigenvalue weighted by atomic mass is 10.1. The van der Waals surface area contributed by atoms with Gasteiger partial charge in [-0.05, 0) is 25.5 Å². The molecule has 0 aliphatic rings. The molecular formula is C12H15N3O4. The molecule has 0 saturated carbocycles. The minimum Gasteiger partial charge on any atom is -0.480 e. The van der Waals surface area contributed by atoms with Crippen LogP contribution in [0.15, 0.2) is 18.3 Å². The van der Waals surface area contributed by atoms with Crippen LogP contribution in [-0.2, 0) is 9.59 Å². The number of hydrogen-bond donors (Lipinski definition) is 3. The molecular weight excluding hydrogens is 250 g/mol. The van der Waals surface area contributed by atoms with Crippen molar-refractivity contribution < 1.29 is 19.5 Å². The lowest BCUT2D eigenvalue weighted by molar-refractivity contribution is -0.139. The van der Waals surface area contributed by atoms with E-state index in [1.165, 1.54) is 12.3 Å². The van der Waals surface area contributed by atoms with Gasteiger partial charge in [-0.1, -0.05) is 0 Å². The Hall–Kier alpha value is -2.44. The van der Waals surface area contributed by atoms with Gasteiger partial charge in [-0.2, -0.15) is 0 Å². The largest absolute Gasteiger partial charge is 0.480 e. The number of nitrogens with one attached hydrogen (secondary N) is 1. The molecule has 1 aromatic rings. The molecule has 7 heteroatoms. The molecule has 0 spiro atoms. The van der Waals surface area contributed by atoms with Gasteiger partial charge in [0.1, 0.15) is 6.04 Å². The number of nitrogens with zero attached hydrogens (tertiary/aromatic N) is 1. The Labute approximate surface area is 109 Å². The Morgan fingerprint density at radius 2 is 2.16 bits per heavy atom. The molecule has 0 aliphatic heterocycles. The minimum absolute atomic E-state index is 0.0412. The Morgan fingerprint density at radius 3 is 2.68 bits per heavy atom. The van der Waals surface area contributed by atoms with Crippen molar-refractivity contribution in [2.45, 2.75) is 25.8 Å². The first-order valence-electron chi connectivity index (χ1n) is 5.64. The van der Waals surface area contributed by atoms with E-state index in [0.29, 0.717) is 11.3 Å². The molecule has 4 N–H and O–H groups in total. The second-order valence-corrected chi connectivity index (χ2v) is 4.06. The van der Waals surface area contributed by atoms with Crippen molar-refractivity contribution in [3.8, 4) is 0 Å².